The van der Waals surface area contributed by atoms with E-state index in [0.717, 1.165) is 27.2 Å². The lowest BCUT2D eigenvalue weighted by molar-refractivity contribution is 0.142. The molecular formula is C22H29N3O2S2. The van der Waals surface area contributed by atoms with Gasteiger partial charge in [0.1, 0.15) is 4.83 Å². The zero-order valence-electron chi connectivity index (χ0n) is 17.7. The summed E-state index contributed by atoms with van der Waals surface area (Å²) in [5, 5.41) is 12.0. The van der Waals surface area contributed by atoms with E-state index in [4.69, 9.17) is 4.98 Å². The molecule has 7 heteroatoms. The van der Waals surface area contributed by atoms with E-state index < -0.39 is 6.10 Å². The summed E-state index contributed by atoms with van der Waals surface area (Å²) in [5.74, 6) is 0.493. The fraction of sp³-hybridized carbons (Fsp3) is 0.455. The molecule has 3 rings (SSSR count). The number of aliphatic hydroxyl groups is 1. The van der Waals surface area contributed by atoms with Crippen LogP contribution in [0.15, 0.2) is 40.3 Å². The second-order valence-electron chi connectivity index (χ2n) is 7.77. The maximum absolute atomic E-state index is 13.1. The number of aliphatic hydroxyl groups excluding tert-OH is 1. The van der Waals surface area contributed by atoms with Gasteiger partial charge in [0, 0.05) is 29.8 Å². The molecule has 2 heterocycles. The van der Waals surface area contributed by atoms with Gasteiger partial charge in [0.25, 0.3) is 5.56 Å². The highest BCUT2D eigenvalue weighted by Gasteiger charge is 2.19. The molecule has 0 bridgehead atoms. The summed E-state index contributed by atoms with van der Waals surface area (Å²) in [6.07, 6.45) is -0.506. The van der Waals surface area contributed by atoms with Crippen LogP contribution in [0.4, 0.5) is 0 Å². The minimum absolute atomic E-state index is 0.0133. The third kappa shape index (κ3) is 5.09. The number of nitrogens with zero attached hydrogens (tertiary/aromatic N) is 3. The van der Waals surface area contributed by atoms with E-state index in [9.17, 15) is 9.90 Å². The molecule has 1 unspecified atom stereocenters. The largest absolute Gasteiger partial charge is 0.391 e. The summed E-state index contributed by atoms with van der Waals surface area (Å²) in [6, 6.07) is 10.2. The first kappa shape index (κ1) is 22.0. The number of hydrogen-bond donors (Lipinski definition) is 1. The standard InChI is InChI=1S/C22H29N3O2S2/c1-14(2)25-21(27)19-15(3)16(4)29-20(19)23-22(25)28-13-18(26)12-24(5)11-17-9-7-6-8-10-17/h6-10,14,18,26H,11-13H2,1-5H3. The van der Waals surface area contributed by atoms with Gasteiger partial charge in [0.2, 0.25) is 0 Å². The Labute approximate surface area is 180 Å². The number of aromatic nitrogens is 2. The van der Waals surface area contributed by atoms with E-state index in [1.807, 2.05) is 52.9 Å². The number of benzene rings is 1. The van der Waals surface area contributed by atoms with Crippen molar-refractivity contribution in [2.75, 3.05) is 19.3 Å². The lowest BCUT2D eigenvalue weighted by atomic mass is 10.2. The number of thioether (sulfide) groups is 1. The zero-order valence-corrected chi connectivity index (χ0v) is 19.3. The highest BCUT2D eigenvalue weighted by molar-refractivity contribution is 7.99. The van der Waals surface area contributed by atoms with Gasteiger partial charge in [0.05, 0.1) is 11.5 Å². The van der Waals surface area contributed by atoms with Crippen LogP contribution in [0, 0.1) is 13.8 Å². The Morgan fingerprint density at radius 3 is 2.59 bits per heavy atom. The number of rotatable bonds is 8. The van der Waals surface area contributed by atoms with E-state index in [-0.39, 0.29) is 11.6 Å². The van der Waals surface area contributed by atoms with Crippen LogP contribution in [0.5, 0.6) is 0 Å². The van der Waals surface area contributed by atoms with Crippen molar-refractivity contribution in [2.45, 2.75) is 51.5 Å². The van der Waals surface area contributed by atoms with Gasteiger partial charge in [-0.15, -0.1) is 11.3 Å². The summed E-state index contributed by atoms with van der Waals surface area (Å²) in [5.41, 5.74) is 2.26. The van der Waals surface area contributed by atoms with E-state index in [0.29, 0.717) is 17.5 Å². The van der Waals surface area contributed by atoms with Gasteiger partial charge in [0.15, 0.2) is 5.16 Å². The lowest BCUT2D eigenvalue weighted by Gasteiger charge is -2.21. The Bertz CT molecular complexity index is 1030. The molecule has 0 spiro atoms. The average Bonchev–Trinajstić information content (AvgIpc) is 2.94. The monoisotopic (exact) mass is 431 g/mol. The first-order chi connectivity index (χ1) is 13.8. The number of thiophene rings is 1. The summed E-state index contributed by atoms with van der Waals surface area (Å²) in [7, 11) is 2.01. The van der Waals surface area contributed by atoms with Crippen LogP contribution in [-0.2, 0) is 6.54 Å². The normalized spacial score (nSPS) is 13.0. The number of hydrogen-bond acceptors (Lipinski definition) is 6. The van der Waals surface area contributed by atoms with Crippen LogP contribution in [0.1, 0.15) is 35.9 Å². The maximum Gasteiger partial charge on any atom is 0.263 e. The fourth-order valence-corrected chi connectivity index (χ4v) is 5.50. The summed E-state index contributed by atoms with van der Waals surface area (Å²) < 4.78 is 1.76. The summed E-state index contributed by atoms with van der Waals surface area (Å²) >= 11 is 3.02. The van der Waals surface area contributed by atoms with Gasteiger partial charge in [-0.1, -0.05) is 42.1 Å². The van der Waals surface area contributed by atoms with Crippen molar-refractivity contribution in [3.05, 3.63) is 56.7 Å². The van der Waals surface area contributed by atoms with Gasteiger partial charge in [-0.2, -0.15) is 0 Å². The Morgan fingerprint density at radius 1 is 1.24 bits per heavy atom. The van der Waals surface area contributed by atoms with Crippen molar-refractivity contribution in [1.29, 1.82) is 0 Å². The van der Waals surface area contributed by atoms with Crippen LogP contribution < -0.4 is 5.56 Å². The van der Waals surface area contributed by atoms with Gasteiger partial charge >= 0.3 is 0 Å². The number of likely N-dealkylation sites (N-methyl/N-ethyl adjacent to an activating group) is 1. The molecule has 0 aliphatic rings. The molecule has 0 radical (unpaired) electrons. The molecular weight excluding hydrogens is 402 g/mol. The van der Waals surface area contributed by atoms with E-state index in [1.54, 1.807) is 15.9 Å². The molecule has 3 aromatic rings. The van der Waals surface area contributed by atoms with Gasteiger partial charge in [-0.3, -0.25) is 14.3 Å². The molecule has 1 atom stereocenters. The SMILES string of the molecule is Cc1sc2nc(SCC(O)CN(C)Cc3ccccc3)n(C(C)C)c(=O)c2c1C. The second-order valence-corrected chi connectivity index (χ2v) is 9.96. The topological polar surface area (TPSA) is 58.4 Å². The predicted molar refractivity (Wildman–Crippen MR) is 123 cm³/mol. The Kier molecular flexibility index (Phi) is 7.16. The van der Waals surface area contributed by atoms with Crippen LogP contribution in [0.3, 0.4) is 0 Å². The van der Waals surface area contributed by atoms with Crippen molar-refractivity contribution >= 4 is 33.3 Å². The van der Waals surface area contributed by atoms with Crippen molar-refractivity contribution in [3.63, 3.8) is 0 Å². The Balaban J connectivity index is 1.72. The lowest BCUT2D eigenvalue weighted by Crippen LogP contribution is -2.31. The van der Waals surface area contributed by atoms with Crippen molar-refractivity contribution in [1.82, 2.24) is 14.5 Å². The Hall–Kier alpha value is -1.67. The predicted octanol–water partition coefficient (Wildman–Crippen LogP) is 4.24. The molecule has 0 saturated carbocycles. The molecule has 29 heavy (non-hydrogen) atoms. The summed E-state index contributed by atoms with van der Waals surface area (Å²) in [6.45, 7) is 9.36. The minimum atomic E-state index is -0.506. The smallest absolute Gasteiger partial charge is 0.263 e. The minimum Gasteiger partial charge on any atom is -0.391 e. The molecule has 1 aromatic carbocycles. The first-order valence-corrected chi connectivity index (χ1v) is 11.6. The number of aryl methyl sites for hydroxylation is 2. The Morgan fingerprint density at radius 2 is 1.93 bits per heavy atom. The molecule has 5 nitrogen and oxygen atoms in total. The van der Waals surface area contributed by atoms with Crippen molar-refractivity contribution in [2.24, 2.45) is 0 Å². The molecule has 0 aliphatic heterocycles. The summed E-state index contributed by atoms with van der Waals surface area (Å²) in [4.78, 5) is 21.9. The molecule has 2 aromatic heterocycles. The average molecular weight is 432 g/mol. The number of fused-ring (bicyclic) bond motifs is 1. The molecule has 0 aliphatic carbocycles. The van der Waals surface area contributed by atoms with E-state index in [2.05, 4.69) is 17.0 Å². The fourth-order valence-electron chi connectivity index (χ4n) is 3.39. The molecule has 0 amide bonds. The van der Waals surface area contributed by atoms with Gasteiger partial charge in [-0.25, -0.2) is 4.98 Å². The third-order valence-electron chi connectivity index (χ3n) is 4.94. The first-order valence-electron chi connectivity index (χ1n) is 9.83. The van der Waals surface area contributed by atoms with Crippen LogP contribution in [-0.4, -0.2) is 45.0 Å². The zero-order chi connectivity index (χ0) is 21.1. The van der Waals surface area contributed by atoms with Gasteiger partial charge in [-0.05, 0) is 45.9 Å². The quantitative estimate of drug-likeness (QED) is 0.427. The van der Waals surface area contributed by atoms with Crippen molar-refractivity contribution < 1.29 is 5.11 Å². The maximum atomic E-state index is 13.1. The van der Waals surface area contributed by atoms with E-state index in [1.165, 1.54) is 17.3 Å². The highest BCUT2D eigenvalue weighted by Crippen LogP contribution is 2.29. The molecule has 0 saturated heterocycles. The van der Waals surface area contributed by atoms with Crippen LogP contribution >= 0.6 is 23.1 Å². The molecule has 0 fully saturated rings. The van der Waals surface area contributed by atoms with Crippen molar-refractivity contribution in [3.8, 4) is 0 Å². The van der Waals surface area contributed by atoms with Gasteiger partial charge < -0.3 is 5.11 Å². The highest BCUT2D eigenvalue weighted by atomic mass is 32.2. The molecule has 1 N–H and O–H groups in total. The van der Waals surface area contributed by atoms with Crippen LogP contribution in [0.2, 0.25) is 0 Å². The van der Waals surface area contributed by atoms with E-state index >= 15 is 0 Å². The van der Waals surface area contributed by atoms with Crippen LogP contribution in [0.25, 0.3) is 10.2 Å². The second kappa shape index (κ2) is 9.43. The molecule has 156 valence electrons. The third-order valence-corrected chi connectivity index (χ3v) is 7.14.